The van der Waals surface area contributed by atoms with E-state index in [1.54, 1.807) is 0 Å². The zero-order chi connectivity index (χ0) is 18.9. The van der Waals surface area contributed by atoms with E-state index in [9.17, 15) is 19.5 Å². The minimum atomic E-state index is -1.27. The van der Waals surface area contributed by atoms with E-state index in [1.165, 1.54) is 0 Å². The fourth-order valence-corrected chi connectivity index (χ4v) is 6.37. The van der Waals surface area contributed by atoms with Gasteiger partial charge in [-0.1, -0.05) is 64.5 Å². The molecule has 0 radical (unpaired) electrons. The summed E-state index contributed by atoms with van der Waals surface area (Å²) in [5, 5.41) is 10.9. The lowest BCUT2D eigenvalue weighted by molar-refractivity contribution is -0.305. The molecule has 0 unspecified atom stereocenters. The SMILES string of the molecule is O=C([O-])CCN1C(=O)[C@H]2C3c4ccccc4C(Br)(c4ccccc43)[C@H]2C1=O. The zero-order valence-corrected chi connectivity index (χ0v) is 15.8. The van der Waals surface area contributed by atoms with Gasteiger partial charge in [0.15, 0.2) is 0 Å². The van der Waals surface area contributed by atoms with E-state index in [0.717, 1.165) is 27.2 Å². The number of halogens is 1. The number of carboxylic acid groups (broad SMARTS) is 1. The maximum atomic E-state index is 13.2. The Labute approximate surface area is 164 Å². The van der Waals surface area contributed by atoms with Crippen molar-refractivity contribution in [1.29, 1.82) is 0 Å². The molecule has 2 atom stereocenters. The number of nitrogens with zero attached hydrogens (tertiary/aromatic N) is 1. The summed E-state index contributed by atoms with van der Waals surface area (Å²) in [6.07, 6.45) is -0.350. The van der Waals surface area contributed by atoms with Crippen molar-refractivity contribution >= 4 is 33.7 Å². The monoisotopic (exact) mass is 424 g/mol. The molecule has 4 aliphatic rings. The second kappa shape index (κ2) is 5.52. The molecule has 27 heavy (non-hydrogen) atoms. The second-order valence-electron chi connectivity index (χ2n) is 7.32. The predicted octanol–water partition coefficient (Wildman–Crippen LogP) is 1.53. The maximum Gasteiger partial charge on any atom is 0.235 e. The summed E-state index contributed by atoms with van der Waals surface area (Å²) in [6.45, 7) is -0.143. The van der Waals surface area contributed by atoms with Crippen molar-refractivity contribution < 1.29 is 19.5 Å². The van der Waals surface area contributed by atoms with Crippen LogP contribution in [-0.2, 0) is 18.7 Å². The lowest BCUT2D eigenvalue weighted by atomic mass is 9.55. The number of hydrogen-bond acceptors (Lipinski definition) is 4. The largest absolute Gasteiger partial charge is 0.550 e. The summed E-state index contributed by atoms with van der Waals surface area (Å²) >= 11 is 3.88. The molecule has 0 N–H and O–H groups in total. The van der Waals surface area contributed by atoms with E-state index in [1.807, 2.05) is 48.5 Å². The summed E-state index contributed by atoms with van der Waals surface area (Å²) in [7, 11) is 0. The number of amides is 2. The molecule has 2 aromatic carbocycles. The van der Waals surface area contributed by atoms with E-state index in [0.29, 0.717) is 0 Å². The van der Waals surface area contributed by atoms with E-state index in [4.69, 9.17) is 0 Å². The fourth-order valence-electron chi connectivity index (χ4n) is 5.16. The van der Waals surface area contributed by atoms with Crippen LogP contribution in [0.4, 0.5) is 0 Å². The lowest BCUT2D eigenvalue weighted by Crippen LogP contribution is -2.50. The van der Waals surface area contributed by atoms with Gasteiger partial charge in [0.2, 0.25) is 11.8 Å². The van der Waals surface area contributed by atoms with Gasteiger partial charge in [-0.2, -0.15) is 0 Å². The number of likely N-dealkylation sites (tertiary alicyclic amines) is 1. The number of aliphatic carboxylic acids is 1. The summed E-state index contributed by atoms with van der Waals surface area (Å²) in [5.74, 6) is -3.18. The molecule has 1 heterocycles. The van der Waals surface area contributed by atoms with Crippen LogP contribution in [0.3, 0.4) is 0 Å². The number of hydrogen-bond donors (Lipinski definition) is 0. The van der Waals surface area contributed by atoms with Crippen molar-refractivity contribution in [2.45, 2.75) is 16.7 Å². The molecule has 0 spiro atoms. The van der Waals surface area contributed by atoms with Crippen LogP contribution < -0.4 is 5.11 Å². The van der Waals surface area contributed by atoms with Gasteiger partial charge in [-0.25, -0.2) is 0 Å². The standard InChI is InChI=1S/C21H16BrNO4/c22-21-13-7-3-1-5-11(13)16(12-6-2-4-8-14(12)21)17-18(21)20(27)23(19(17)26)10-9-15(24)25/h1-8,16-18H,9-10H2,(H,24,25)/p-1/t16?,17-,18+,21?/m0/s1. The first kappa shape index (κ1) is 16.7. The van der Waals surface area contributed by atoms with Crippen LogP contribution >= 0.6 is 15.9 Å². The second-order valence-corrected chi connectivity index (χ2v) is 8.57. The van der Waals surface area contributed by atoms with Gasteiger partial charge in [0.25, 0.3) is 0 Å². The molecule has 2 bridgehead atoms. The van der Waals surface area contributed by atoms with Gasteiger partial charge < -0.3 is 9.90 Å². The van der Waals surface area contributed by atoms with Crippen LogP contribution in [0.5, 0.6) is 0 Å². The van der Waals surface area contributed by atoms with Crippen LogP contribution in [0, 0.1) is 11.8 Å². The Kier molecular flexibility index (Phi) is 3.41. The first-order valence-corrected chi connectivity index (χ1v) is 9.68. The number of carbonyl (C=O) groups is 3. The van der Waals surface area contributed by atoms with E-state index in [2.05, 4.69) is 15.9 Å². The molecule has 1 saturated heterocycles. The molecule has 1 aliphatic heterocycles. The minimum Gasteiger partial charge on any atom is -0.550 e. The van der Waals surface area contributed by atoms with E-state index in [-0.39, 0.29) is 30.7 Å². The van der Waals surface area contributed by atoms with Gasteiger partial charge in [0, 0.05) is 24.9 Å². The molecule has 2 amide bonds. The third-order valence-corrected chi connectivity index (χ3v) is 7.49. The highest BCUT2D eigenvalue weighted by Gasteiger charge is 2.67. The van der Waals surface area contributed by atoms with Gasteiger partial charge in [-0.3, -0.25) is 14.5 Å². The van der Waals surface area contributed by atoms with E-state index >= 15 is 0 Å². The first-order valence-electron chi connectivity index (χ1n) is 8.89. The molecular formula is C21H15BrNO4-. The molecule has 6 heteroatoms. The summed E-state index contributed by atoms with van der Waals surface area (Å²) < 4.78 is -0.789. The fraction of sp³-hybridized carbons (Fsp3) is 0.286. The predicted molar refractivity (Wildman–Crippen MR) is 97.8 cm³/mol. The molecule has 1 fully saturated rings. The Morgan fingerprint density at radius 3 is 2.11 bits per heavy atom. The molecule has 6 rings (SSSR count). The average molecular weight is 425 g/mol. The third-order valence-electron chi connectivity index (χ3n) is 6.15. The lowest BCUT2D eigenvalue weighted by Gasteiger charge is -2.51. The van der Waals surface area contributed by atoms with Gasteiger partial charge in [-0.05, 0) is 22.3 Å². The normalized spacial score (nSPS) is 30.1. The molecule has 0 aromatic heterocycles. The Balaban J connectivity index is 1.73. The molecule has 5 nitrogen and oxygen atoms in total. The highest BCUT2D eigenvalue weighted by atomic mass is 79.9. The van der Waals surface area contributed by atoms with Crippen molar-refractivity contribution in [3.05, 3.63) is 70.8 Å². The van der Waals surface area contributed by atoms with E-state index < -0.39 is 22.1 Å². The maximum absolute atomic E-state index is 13.2. The Morgan fingerprint density at radius 1 is 1.00 bits per heavy atom. The van der Waals surface area contributed by atoms with Crippen molar-refractivity contribution in [2.75, 3.05) is 6.54 Å². The van der Waals surface area contributed by atoms with Crippen molar-refractivity contribution in [3.8, 4) is 0 Å². The topological polar surface area (TPSA) is 77.5 Å². The van der Waals surface area contributed by atoms with Crippen LogP contribution in [0.2, 0.25) is 0 Å². The molecule has 0 saturated carbocycles. The Hall–Kier alpha value is -2.47. The number of carboxylic acids is 1. The van der Waals surface area contributed by atoms with Crippen LogP contribution in [0.1, 0.15) is 34.6 Å². The average Bonchev–Trinajstić information content (AvgIpc) is 2.92. The first-order chi connectivity index (χ1) is 13.0. The van der Waals surface area contributed by atoms with Gasteiger partial charge in [-0.15, -0.1) is 0 Å². The number of alkyl halides is 1. The number of carbonyl (C=O) groups excluding carboxylic acids is 3. The zero-order valence-electron chi connectivity index (χ0n) is 14.2. The number of imide groups is 1. The number of benzene rings is 2. The molecular weight excluding hydrogens is 410 g/mol. The highest BCUT2D eigenvalue weighted by molar-refractivity contribution is 9.09. The molecule has 2 aromatic rings. The number of rotatable bonds is 3. The van der Waals surface area contributed by atoms with Crippen LogP contribution in [0.15, 0.2) is 48.5 Å². The minimum absolute atomic E-state index is 0.143. The van der Waals surface area contributed by atoms with Crippen molar-refractivity contribution in [3.63, 3.8) is 0 Å². The molecule has 136 valence electrons. The highest BCUT2D eigenvalue weighted by Crippen LogP contribution is 2.66. The van der Waals surface area contributed by atoms with Gasteiger partial charge in [0.1, 0.15) is 0 Å². The Morgan fingerprint density at radius 2 is 1.56 bits per heavy atom. The van der Waals surface area contributed by atoms with Crippen molar-refractivity contribution in [1.82, 2.24) is 4.90 Å². The van der Waals surface area contributed by atoms with Crippen LogP contribution in [0.25, 0.3) is 0 Å². The van der Waals surface area contributed by atoms with Gasteiger partial charge >= 0.3 is 0 Å². The van der Waals surface area contributed by atoms with Crippen molar-refractivity contribution in [2.24, 2.45) is 11.8 Å². The van der Waals surface area contributed by atoms with Gasteiger partial charge in [0.05, 0.1) is 16.2 Å². The Bertz CT molecular complexity index is 969. The van der Waals surface area contributed by atoms with Crippen LogP contribution in [-0.4, -0.2) is 29.2 Å². The summed E-state index contributed by atoms with van der Waals surface area (Å²) in [5.41, 5.74) is 4.13. The smallest absolute Gasteiger partial charge is 0.235 e. The summed E-state index contributed by atoms with van der Waals surface area (Å²) in [6, 6.07) is 15.8. The molecule has 3 aliphatic carbocycles. The quantitative estimate of drug-likeness (QED) is 0.552. The third kappa shape index (κ3) is 1.96. The summed E-state index contributed by atoms with van der Waals surface area (Å²) in [4.78, 5) is 38.4.